The Kier molecular flexibility index (Phi) is 2.03. The van der Waals surface area contributed by atoms with E-state index in [-0.39, 0.29) is 5.41 Å². The first-order valence-electron chi connectivity index (χ1n) is 5.50. The second-order valence-electron chi connectivity index (χ2n) is 5.17. The molecule has 2 aliphatic rings. The number of hydrogen-bond donors (Lipinski definition) is 0. The Bertz CT molecular complexity index is 365. The molecule has 15 heavy (non-hydrogen) atoms. The molecule has 0 saturated heterocycles. The molecule has 0 bridgehead atoms. The van der Waals surface area contributed by atoms with Crippen molar-refractivity contribution in [1.29, 1.82) is 0 Å². The molecule has 2 saturated carbocycles. The molecule has 0 amide bonds. The van der Waals surface area contributed by atoms with E-state index in [2.05, 4.69) is 15.4 Å². The van der Waals surface area contributed by atoms with Crippen molar-refractivity contribution in [3.05, 3.63) is 5.82 Å². The second kappa shape index (κ2) is 3.17. The fourth-order valence-electron chi connectivity index (χ4n) is 3.04. The lowest BCUT2D eigenvalue weighted by molar-refractivity contribution is 0.296. The lowest BCUT2D eigenvalue weighted by atomic mass is 9.81. The minimum Gasteiger partial charge on any atom is -0.167 e. The fraction of sp³-hybridized carbons (Fsp3) is 0.900. The van der Waals surface area contributed by atoms with Gasteiger partial charge >= 0.3 is 0 Å². The first-order chi connectivity index (χ1) is 7.21. The zero-order chi connectivity index (χ0) is 10.5. The molecule has 2 atom stereocenters. The molecule has 2 aliphatic carbocycles. The predicted molar refractivity (Wildman–Crippen MR) is 56.5 cm³/mol. The number of hydrogen-bond acceptors (Lipinski definition) is 3. The number of halogens is 1. The van der Waals surface area contributed by atoms with Gasteiger partial charge in [-0.2, -0.15) is 4.80 Å². The van der Waals surface area contributed by atoms with Crippen molar-refractivity contribution in [1.82, 2.24) is 20.2 Å². The maximum absolute atomic E-state index is 6.12. The molecule has 2 unspecified atom stereocenters. The summed E-state index contributed by atoms with van der Waals surface area (Å²) in [4.78, 5) is 1.52. The zero-order valence-electron chi connectivity index (χ0n) is 8.86. The Morgan fingerprint density at radius 2 is 2.20 bits per heavy atom. The van der Waals surface area contributed by atoms with Crippen molar-refractivity contribution < 1.29 is 0 Å². The highest BCUT2D eigenvalue weighted by Crippen LogP contribution is 2.60. The average Bonchev–Trinajstić information content (AvgIpc) is 2.65. The van der Waals surface area contributed by atoms with E-state index in [4.69, 9.17) is 11.6 Å². The van der Waals surface area contributed by atoms with Gasteiger partial charge in [-0.05, 0) is 41.7 Å². The molecule has 82 valence electrons. The molecule has 1 aromatic heterocycles. The lowest BCUT2D eigenvalue weighted by Crippen LogP contribution is -2.24. The third-order valence-corrected chi connectivity index (χ3v) is 4.39. The van der Waals surface area contributed by atoms with E-state index in [9.17, 15) is 0 Å². The predicted octanol–water partition coefficient (Wildman–Crippen LogP) is 1.41. The first kappa shape index (κ1) is 9.58. The number of tetrazole rings is 1. The summed E-state index contributed by atoms with van der Waals surface area (Å²) in [7, 11) is 1.80. The first-order valence-corrected chi connectivity index (χ1v) is 6.03. The number of nitrogens with zero attached hydrogens (tertiary/aromatic N) is 4. The Balaban J connectivity index is 1.75. The molecule has 5 heteroatoms. The van der Waals surface area contributed by atoms with Crippen LogP contribution in [0, 0.1) is 17.3 Å². The normalized spacial score (nSPS) is 38.0. The van der Waals surface area contributed by atoms with E-state index in [0.717, 1.165) is 30.0 Å². The fourth-order valence-corrected chi connectivity index (χ4v) is 3.35. The minimum atomic E-state index is 0.262. The molecule has 1 aromatic rings. The van der Waals surface area contributed by atoms with E-state index >= 15 is 0 Å². The highest BCUT2D eigenvalue weighted by atomic mass is 35.5. The molecule has 4 nitrogen and oxygen atoms in total. The molecule has 0 N–H and O–H groups in total. The van der Waals surface area contributed by atoms with Gasteiger partial charge in [0, 0.05) is 12.3 Å². The Labute approximate surface area is 94.0 Å². The summed E-state index contributed by atoms with van der Waals surface area (Å²) in [6, 6.07) is 0. The van der Waals surface area contributed by atoms with E-state index in [1.165, 1.54) is 24.1 Å². The molecule has 3 rings (SSSR count). The smallest absolute Gasteiger partial charge is 0.167 e. The summed E-state index contributed by atoms with van der Waals surface area (Å²) < 4.78 is 0. The summed E-state index contributed by atoms with van der Waals surface area (Å²) in [6.45, 7) is 0. The summed E-state index contributed by atoms with van der Waals surface area (Å²) in [6.07, 6.45) is 4.85. The van der Waals surface area contributed by atoms with Gasteiger partial charge in [0.1, 0.15) is 0 Å². The van der Waals surface area contributed by atoms with Crippen LogP contribution < -0.4 is 0 Å². The maximum Gasteiger partial charge on any atom is 0.175 e. The van der Waals surface area contributed by atoms with Gasteiger partial charge in [0.15, 0.2) is 5.82 Å². The average molecular weight is 227 g/mol. The zero-order valence-corrected chi connectivity index (χ0v) is 9.61. The van der Waals surface area contributed by atoms with Gasteiger partial charge in [-0.15, -0.1) is 21.8 Å². The molecule has 0 radical (unpaired) electrons. The summed E-state index contributed by atoms with van der Waals surface area (Å²) in [5.74, 6) is 3.47. The Morgan fingerprint density at radius 1 is 1.47 bits per heavy atom. The van der Waals surface area contributed by atoms with Gasteiger partial charge in [0.25, 0.3) is 0 Å². The number of rotatable bonds is 3. The van der Waals surface area contributed by atoms with E-state index in [0.29, 0.717) is 0 Å². The van der Waals surface area contributed by atoms with Crippen LogP contribution in [0.2, 0.25) is 0 Å². The van der Waals surface area contributed by atoms with Gasteiger partial charge < -0.3 is 0 Å². The van der Waals surface area contributed by atoms with Crippen molar-refractivity contribution >= 4 is 11.6 Å². The van der Waals surface area contributed by atoms with Crippen molar-refractivity contribution in [2.24, 2.45) is 24.3 Å². The van der Waals surface area contributed by atoms with Crippen LogP contribution in [0.15, 0.2) is 0 Å². The highest BCUT2D eigenvalue weighted by Gasteiger charge is 2.53. The van der Waals surface area contributed by atoms with Crippen molar-refractivity contribution in [2.75, 3.05) is 5.88 Å². The number of alkyl halides is 1. The van der Waals surface area contributed by atoms with Crippen LogP contribution in [0.25, 0.3) is 0 Å². The van der Waals surface area contributed by atoms with Crippen LogP contribution >= 0.6 is 11.6 Å². The second-order valence-corrected chi connectivity index (χ2v) is 5.44. The Hall–Kier alpha value is -0.640. The topological polar surface area (TPSA) is 43.6 Å². The number of aryl methyl sites for hydroxylation is 1. The van der Waals surface area contributed by atoms with Gasteiger partial charge in [0.2, 0.25) is 0 Å². The quantitative estimate of drug-likeness (QED) is 0.732. The van der Waals surface area contributed by atoms with Gasteiger partial charge in [-0.25, -0.2) is 0 Å². The van der Waals surface area contributed by atoms with Crippen LogP contribution in [0.3, 0.4) is 0 Å². The molecule has 0 spiro atoms. The minimum absolute atomic E-state index is 0.262. The third kappa shape index (κ3) is 1.65. The van der Waals surface area contributed by atoms with Gasteiger partial charge in [-0.3, -0.25) is 0 Å². The standard InChI is InChI=1S/C10H15ClN4/c1-15-13-9(12-14-15)5-10(6-11)3-7-2-8(7)4-10/h7-8H,2-6H2,1H3. The number of aromatic nitrogens is 4. The van der Waals surface area contributed by atoms with E-state index in [1.807, 2.05) is 0 Å². The lowest BCUT2D eigenvalue weighted by Gasteiger charge is -2.26. The van der Waals surface area contributed by atoms with E-state index < -0.39 is 0 Å². The van der Waals surface area contributed by atoms with Crippen LogP contribution in [0.5, 0.6) is 0 Å². The molecule has 0 aliphatic heterocycles. The van der Waals surface area contributed by atoms with Crippen molar-refractivity contribution in [3.8, 4) is 0 Å². The summed E-state index contributed by atoms with van der Waals surface area (Å²) in [5, 5.41) is 12.2. The van der Waals surface area contributed by atoms with Crippen LogP contribution in [0.4, 0.5) is 0 Å². The number of fused-ring (bicyclic) bond motifs is 1. The molecular formula is C10H15ClN4. The van der Waals surface area contributed by atoms with Gasteiger partial charge in [-0.1, -0.05) is 0 Å². The molecule has 1 heterocycles. The highest BCUT2D eigenvalue weighted by molar-refractivity contribution is 6.18. The van der Waals surface area contributed by atoms with E-state index in [1.54, 1.807) is 7.05 Å². The van der Waals surface area contributed by atoms with Crippen molar-refractivity contribution in [2.45, 2.75) is 25.7 Å². The monoisotopic (exact) mass is 226 g/mol. The van der Waals surface area contributed by atoms with Gasteiger partial charge in [0.05, 0.1) is 7.05 Å². The SMILES string of the molecule is Cn1nnc(CC2(CCl)CC3CC3C2)n1. The van der Waals surface area contributed by atoms with Crippen molar-refractivity contribution in [3.63, 3.8) is 0 Å². The summed E-state index contributed by atoms with van der Waals surface area (Å²) >= 11 is 6.12. The van der Waals surface area contributed by atoms with Crippen LogP contribution in [0.1, 0.15) is 25.1 Å². The summed E-state index contributed by atoms with van der Waals surface area (Å²) in [5.41, 5.74) is 0.262. The largest absolute Gasteiger partial charge is 0.175 e. The Morgan fingerprint density at radius 3 is 2.73 bits per heavy atom. The van der Waals surface area contributed by atoms with Crippen LogP contribution in [-0.2, 0) is 13.5 Å². The maximum atomic E-state index is 6.12. The molecular weight excluding hydrogens is 212 g/mol. The molecule has 2 fully saturated rings. The van der Waals surface area contributed by atoms with Crippen LogP contribution in [-0.4, -0.2) is 26.1 Å². The molecule has 0 aromatic carbocycles. The third-order valence-electron chi connectivity index (χ3n) is 3.83.